The van der Waals surface area contributed by atoms with Gasteiger partial charge in [-0.2, -0.15) is 0 Å². The van der Waals surface area contributed by atoms with Gasteiger partial charge in [-0.3, -0.25) is 0 Å². The quantitative estimate of drug-likeness (QED) is 0.143. The highest BCUT2D eigenvalue weighted by molar-refractivity contribution is 6.02. The third kappa shape index (κ3) is 6.68. The first-order valence-electron chi connectivity index (χ1n) is 28.8. The van der Waals surface area contributed by atoms with Crippen molar-refractivity contribution >= 4 is 51.2 Å². The third-order valence-corrected chi connectivity index (χ3v) is 18.2. The van der Waals surface area contributed by atoms with Gasteiger partial charge in [-0.1, -0.05) is 231 Å². The lowest BCUT2D eigenvalue weighted by Gasteiger charge is -2.33. The summed E-state index contributed by atoms with van der Waals surface area (Å²) >= 11 is 0. The molecule has 0 amide bonds. The van der Waals surface area contributed by atoms with Gasteiger partial charge in [-0.25, -0.2) is 0 Å². The van der Waals surface area contributed by atoms with Gasteiger partial charge < -0.3 is 14.7 Å². The van der Waals surface area contributed by atoms with Gasteiger partial charge in [0.2, 0.25) is 0 Å². The molecule has 83 heavy (non-hydrogen) atoms. The summed E-state index contributed by atoms with van der Waals surface area (Å²) in [4.78, 5) is 7.30. The molecule has 0 radical (unpaired) electrons. The predicted molar refractivity (Wildman–Crippen MR) is 343 cm³/mol. The van der Waals surface area contributed by atoms with E-state index in [2.05, 4.69) is 336 Å². The lowest BCUT2D eigenvalue weighted by Crippen LogP contribution is -2.26. The second-order valence-corrected chi connectivity index (χ2v) is 22.3. The fourth-order valence-corrected chi connectivity index (χ4v) is 15.1. The van der Waals surface area contributed by atoms with E-state index in [0.29, 0.717) is 0 Å². The predicted octanol–water partition coefficient (Wildman–Crippen LogP) is 20.8. The van der Waals surface area contributed by atoms with Gasteiger partial charge in [0.15, 0.2) is 0 Å². The molecular weight excluding hydrogens is 1000 g/mol. The monoisotopic (exact) mass is 1060 g/mol. The molecule has 0 atom stereocenters. The smallest absolute Gasteiger partial charge is 0.0726 e. The zero-order chi connectivity index (χ0) is 54.6. The summed E-state index contributed by atoms with van der Waals surface area (Å²) in [5.74, 6) is 0. The van der Waals surface area contributed by atoms with Gasteiger partial charge in [0.1, 0.15) is 0 Å². The first-order valence-corrected chi connectivity index (χ1v) is 28.8. The average molecular weight is 1060 g/mol. The summed E-state index contributed by atoms with van der Waals surface area (Å²) in [5.41, 5.74) is 29.6. The van der Waals surface area contributed by atoms with Crippen LogP contribution in [0.15, 0.2) is 322 Å². The molecule has 0 fully saturated rings. The Balaban J connectivity index is 0.821. The number of nitrogens with zero attached hydrogens (tertiary/aromatic N) is 3. The Labute approximate surface area is 484 Å². The minimum Gasteiger partial charge on any atom is -0.310 e. The van der Waals surface area contributed by atoms with Crippen LogP contribution in [-0.4, -0.2) is 0 Å². The van der Waals surface area contributed by atoms with E-state index in [1.54, 1.807) is 0 Å². The lowest BCUT2D eigenvalue weighted by atomic mass is 9.70. The molecule has 13 aromatic carbocycles. The second-order valence-electron chi connectivity index (χ2n) is 22.3. The van der Waals surface area contributed by atoms with Crippen molar-refractivity contribution < 1.29 is 0 Å². The molecule has 0 heterocycles. The van der Waals surface area contributed by atoms with Gasteiger partial charge in [0, 0.05) is 51.1 Å². The maximum atomic E-state index is 2.47. The minimum absolute atomic E-state index is 0.419. The Morgan fingerprint density at radius 2 is 0.446 bits per heavy atom. The second kappa shape index (κ2) is 18.4. The van der Waals surface area contributed by atoms with Gasteiger partial charge in [-0.15, -0.1) is 0 Å². The van der Waals surface area contributed by atoms with Gasteiger partial charge in [-0.05, 0) is 174 Å². The number of rotatable bonds is 9. The van der Waals surface area contributed by atoms with Crippen molar-refractivity contribution in [3.63, 3.8) is 0 Å². The van der Waals surface area contributed by atoms with E-state index in [1.165, 1.54) is 89.0 Å². The van der Waals surface area contributed by atoms with E-state index in [9.17, 15) is 0 Å². The number of hydrogen-bond donors (Lipinski definition) is 0. The maximum absolute atomic E-state index is 2.47. The molecule has 3 nitrogen and oxygen atoms in total. The van der Waals surface area contributed by atoms with Crippen LogP contribution in [0, 0.1) is 0 Å². The standard InChI is InChI=1S/C80H53N3/c1-4-25-54(26-5-1)81(57-31-22-32-58(51-57)82(55-27-6-2-7-28-55)61-49-50-75-68(53-61)66-39-14-20-45-73(66)79(75)69-41-16-10-35-62(69)63-36-11-17-42-70(63)79)59-33-23-34-60(52-59)83(56-29-8-3-9-30-56)77-48-24-47-76-78(77)67-40-15-21-46-74(67)80(76)71-43-18-12-37-64(71)65-38-13-19-44-72(65)80/h1-53H. The summed E-state index contributed by atoms with van der Waals surface area (Å²) in [5, 5.41) is 0. The molecule has 2 spiro atoms. The Morgan fingerprint density at radius 1 is 0.169 bits per heavy atom. The molecule has 388 valence electrons. The van der Waals surface area contributed by atoms with Crippen LogP contribution in [0.3, 0.4) is 0 Å². The van der Waals surface area contributed by atoms with Gasteiger partial charge >= 0.3 is 0 Å². The van der Waals surface area contributed by atoms with Crippen LogP contribution in [0.25, 0.3) is 44.5 Å². The molecule has 0 aromatic heterocycles. The number of anilines is 9. The highest BCUT2D eigenvalue weighted by Gasteiger charge is 2.53. The summed E-state index contributed by atoms with van der Waals surface area (Å²) in [6.45, 7) is 0. The lowest BCUT2D eigenvalue weighted by molar-refractivity contribution is 0.794. The van der Waals surface area contributed by atoms with E-state index >= 15 is 0 Å². The van der Waals surface area contributed by atoms with E-state index < -0.39 is 10.8 Å². The topological polar surface area (TPSA) is 9.72 Å². The summed E-state index contributed by atoms with van der Waals surface area (Å²) in [6, 6.07) is 119. The maximum Gasteiger partial charge on any atom is 0.0726 e. The van der Waals surface area contributed by atoms with Crippen LogP contribution in [0.5, 0.6) is 0 Å². The first-order chi connectivity index (χ1) is 41.2. The number of hydrogen-bond acceptors (Lipinski definition) is 3. The van der Waals surface area contributed by atoms with Crippen LogP contribution in [0.4, 0.5) is 51.2 Å². The average Bonchev–Trinajstić information content (AvgIpc) is 1.57. The molecule has 0 N–H and O–H groups in total. The molecule has 0 aliphatic heterocycles. The van der Waals surface area contributed by atoms with Crippen molar-refractivity contribution in [1.29, 1.82) is 0 Å². The zero-order valence-electron chi connectivity index (χ0n) is 45.4. The van der Waals surface area contributed by atoms with E-state index in [1.807, 2.05) is 0 Å². The highest BCUT2D eigenvalue weighted by atomic mass is 15.2. The van der Waals surface area contributed by atoms with Crippen molar-refractivity contribution in [2.75, 3.05) is 14.7 Å². The SMILES string of the molecule is c1ccc(N(c2cccc(N(c3ccccc3)c3ccc4c(c3)-c3ccccc3C43c4ccccc4-c4ccccc43)c2)c2cccc(N(c3ccccc3)c3cccc4c3-c3ccccc3C43c4ccccc4-c4ccccc43)c2)cc1. The van der Waals surface area contributed by atoms with Crippen LogP contribution in [-0.2, 0) is 10.8 Å². The number of para-hydroxylation sites is 3. The largest absolute Gasteiger partial charge is 0.310 e. The molecule has 4 aliphatic rings. The molecule has 4 aliphatic carbocycles. The Bertz CT molecular complexity index is 4620. The van der Waals surface area contributed by atoms with Crippen LogP contribution >= 0.6 is 0 Å². The molecule has 0 unspecified atom stereocenters. The van der Waals surface area contributed by atoms with Crippen molar-refractivity contribution in [1.82, 2.24) is 0 Å². The van der Waals surface area contributed by atoms with Gasteiger partial charge in [0.25, 0.3) is 0 Å². The van der Waals surface area contributed by atoms with E-state index in [0.717, 1.165) is 51.2 Å². The zero-order valence-corrected chi connectivity index (χ0v) is 45.4. The fraction of sp³-hybridized carbons (Fsp3) is 0.0250. The minimum atomic E-state index is -0.469. The van der Waals surface area contributed by atoms with Gasteiger partial charge in [0.05, 0.1) is 16.5 Å². The molecule has 3 heteroatoms. The van der Waals surface area contributed by atoms with Crippen molar-refractivity contribution in [2.24, 2.45) is 0 Å². The van der Waals surface area contributed by atoms with Crippen molar-refractivity contribution in [2.45, 2.75) is 10.8 Å². The van der Waals surface area contributed by atoms with Crippen LogP contribution < -0.4 is 14.7 Å². The molecule has 13 aromatic rings. The van der Waals surface area contributed by atoms with Crippen LogP contribution in [0.1, 0.15) is 44.5 Å². The Hall–Kier alpha value is -10.7. The van der Waals surface area contributed by atoms with Crippen molar-refractivity contribution in [3.05, 3.63) is 366 Å². The van der Waals surface area contributed by atoms with E-state index in [4.69, 9.17) is 0 Å². The normalized spacial score (nSPS) is 13.5. The highest BCUT2D eigenvalue weighted by Crippen LogP contribution is 2.66. The summed E-state index contributed by atoms with van der Waals surface area (Å²) in [7, 11) is 0. The summed E-state index contributed by atoms with van der Waals surface area (Å²) < 4.78 is 0. The van der Waals surface area contributed by atoms with E-state index in [-0.39, 0.29) is 0 Å². The molecule has 0 saturated heterocycles. The number of fused-ring (bicyclic) bond motifs is 20. The molecular formula is C80H53N3. The molecule has 17 rings (SSSR count). The van der Waals surface area contributed by atoms with Crippen molar-refractivity contribution in [3.8, 4) is 44.5 Å². The fourth-order valence-electron chi connectivity index (χ4n) is 15.1. The first kappa shape index (κ1) is 47.1. The Morgan fingerprint density at radius 3 is 0.880 bits per heavy atom. The molecule has 0 saturated carbocycles. The summed E-state index contributed by atoms with van der Waals surface area (Å²) in [6.07, 6.45) is 0. The number of benzene rings is 13. The molecule has 0 bridgehead atoms. The Kier molecular flexibility index (Phi) is 10.4. The third-order valence-electron chi connectivity index (χ3n) is 18.2. The van der Waals surface area contributed by atoms with Crippen LogP contribution in [0.2, 0.25) is 0 Å².